The molecule has 2 heterocycles. The van der Waals surface area contributed by atoms with Gasteiger partial charge in [0.1, 0.15) is 5.82 Å². The molecule has 0 aliphatic heterocycles. The molecule has 7 heteroatoms. The zero-order valence-corrected chi connectivity index (χ0v) is 16.2. The molecule has 2 aromatic heterocycles. The van der Waals surface area contributed by atoms with Gasteiger partial charge >= 0.3 is 5.97 Å². The Kier molecular flexibility index (Phi) is 6.16. The first-order chi connectivity index (χ1) is 13.5. The lowest BCUT2D eigenvalue weighted by Crippen LogP contribution is -2.23. The second kappa shape index (κ2) is 8.94. The van der Waals surface area contributed by atoms with Crippen molar-refractivity contribution < 1.29 is 9.53 Å². The van der Waals surface area contributed by atoms with E-state index in [1.165, 1.54) is 12.7 Å². The van der Waals surface area contributed by atoms with Crippen LogP contribution in [0.5, 0.6) is 0 Å². The summed E-state index contributed by atoms with van der Waals surface area (Å²) in [5.41, 5.74) is 3.42. The molecule has 7 nitrogen and oxygen atoms in total. The van der Waals surface area contributed by atoms with Crippen molar-refractivity contribution in [3.05, 3.63) is 71.7 Å². The Morgan fingerprint density at radius 1 is 1.11 bits per heavy atom. The van der Waals surface area contributed by atoms with Gasteiger partial charge in [-0.25, -0.2) is 9.78 Å². The highest BCUT2D eigenvalue weighted by molar-refractivity contribution is 5.89. The number of rotatable bonds is 7. The number of ether oxygens (including phenoxy) is 1. The Hall–Kier alpha value is -3.48. The minimum atomic E-state index is -0.359. The molecule has 0 aliphatic carbocycles. The number of esters is 1. The molecule has 3 aromatic rings. The molecule has 0 radical (unpaired) electrons. The Bertz CT molecular complexity index is 929. The zero-order valence-electron chi connectivity index (χ0n) is 16.2. The number of likely N-dealkylation sites (N-methyl/N-ethyl adjacent to an activating group) is 1. The van der Waals surface area contributed by atoms with Crippen molar-refractivity contribution >= 4 is 23.4 Å². The van der Waals surface area contributed by atoms with Crippen LogP contribution >= 0.6 is 0 Å². The third-order valence-corrected chi connectivity index (χ3v) is 4.25. The average Bonchev–Trinajstić information content (AvgIpc) is 2.72. The number of carbonyl (C=O) groups is 1. The lowest BCUT2D eigenvalue weighted by molar-refractivity contribution is 0.0601. The second-order valence-corrected chi connectivity index (χ2v) is 6.42. The monoisotopic (exact) mass is 377 g/mol. The summed E-state index contributed by atoms with van der Waals surface area (Å²) in [7, 11) is 3.34. The highest BCUT2D eigenvalue weighted by atomic mass is 16.5. The van der Waals surface area contributed by atoms with Crippen molar-refractivity contribution in [3.8, 4) is 0 Å². The first-order valence-corrected chi connectivity index (χ1v) is 8.96. The van der Waals surface area contributed by atoms with Gasteiger partial charge in [-0.2, -0.15) is 4.98 Å². The predicted molar refractivity (Wildman–Crippen MR) is 109 cm³/mol. The van der Waals surface area contributed by atoms with E-state index in [1.807, 2.05) is 49.2 Å². The molecule has 0 saturated heterocycles. The summed E-state index contributed by atoms with van der Waals surface area (Å²) in [4.78, 5) is 26.8. The maximum absolute atomic E-state index is 11.5. The second-order valence-electron chi connectivity index (χ2n) is 6.42. The van der Waals surface area contributed by atoms with E-state index < -0.39 is 0 Å². The lowest BCUT2D eigenvalue weighted by atomic mass is 10.2. The van der Waals surface area contributed by atoms with E-state index in [4.69, 9.17) is 4.74 Å². The molecular weight excluding hydrogens is 354 g/mol. The molecule has 28 heavy (non-hydrogen) atoms. The van der Waals surface area contributed by atoms with Crippen molar-refractivity contribution in [1.82, 2.24) is 15.0 Å². The highest BCUT2D eigenvalue weighted by Gasteiger charge is 2.09. The third-order valence-electron chi connectivity index (χ3n) is 4.25. The van der Waals surface area contributed by atoms with Gasteiger partial charge in [-0.15, -0.1) is 0 Å². The van der Waals surface area contributed by atoms with Crippen LogP contribution in [0, 0.1) is 6.92 Å². The summed E-state index contributed by atoms with van der Waals surface area (Å²) in [5.74, 6) is 0.995. The number of nitrogens with zero attached hydrogens (tertiary/aromatic N) is 4. The Balaban J connectivity index is 1.69. The van der Waals surface area contributed by atoms with Crippen LogP contribution in [0.2, 0.25) is 0 Å². The maximum Gasteiger partial charge on any atom is 0.337 e. The summed E-state index contributed by atoms with van der Waals surface area (Å²) in [6, 6.07) is 13.0. The summed E-state index contributed by atoms with van der Waals surface area (Å²) < 4.78 is 4.72. The van der Waals surface area contributed by atoms with E-state index >= 15 is 0 Å². The minimum Gasteiger partial charge on any atom is -0.465 e. The fourth-order valence-corrected chi connectivity index (χ4v) is 2.69. The minimum absolute atomic E-state index is 0.359. The van der Waals surface area contributed by atoms with E-state index in [9.17, 15) is 4.79 Å². The van der Waals surface area contributed by atoms with E-state index in [-0.39, 0.29) is 5.97 Å². The summed E-state index contributed by atoms with van der Waals surface area (Å²) >= 11 is 0. The summed E-state index contributed by atoms with van der Waals surface area (Å²) in [6.07, 6.45) is 4.48. The number of nitrogens with one attached hydrogen (secondary N) is 1. The van der Waals surface area contributed by atoms with E-state index in [2.05, 4.69) is 20.3 Å². The van der Waals surface area contributed by atoms with Crippen molar-refractivity contribution in [1.29, 1.82) is 0 Å². The van der Waals surface area contributed by atoms with Gasteiger partial charge in [0.25, 0.3) is 0 Å². The molecule has 0 saturated carbocycles. The van der Waals surface area contributed by atoms with Crippen molar-refractivity contribution in [3.63, 3.8) is 0 Å². The summed E-state index contributed by atoms with van der Waals surface area (Å²) in [6.45, 7) is 2.73. The van der Waals surface area contributed by atoms with Crippen LogP contribution in [0.1, 0.15) is 21.6 Å². The van der Waals surface area contributed by atoms with Crippen LogP contribution in [0.25, 0.3) is 0 Å². The molecule has 0 amide bonds. The highest BCUT2D eigenvalue weighted by Crippen LogP contribution is 2.19. The molecule has 3 rings (SSSR count). The molecule has 0 fully saturated rings. The van der Waals surface area contributed by atoms with Crippen LogP contribution in [-0.2, 0) is 11.2 Å². The van der Waals surface area contributed by atoms with Gasteiger partial charge in [0.15, 0.2) is 0 Å². The van der Waals surface area contributed by atoms with Gasteiger partial charge in [0.05, 0.1) is 12.7 Å². The standard InChI is InChI=1S/C21H23N5O2/c1-15-14-19(24-18-6-4-17(5-7-18)20(27)28-3)25-21(23-15)26(2)13-10-16-8-11-22-12-9-16/h4-9,11-12,14H,10,13H2,1-3H3,(H,23,24,25). The van der Waals surface area contributed by atoms with Crippen LogP contribution in [0.3, 0.4) is 0 Å². The molecule has 1 N–H and O–H groups in total. The van der Waals surface area contributed by atoms with E-state index in [1.54, 1.807) is 24.5 Å². The third kappa shape index (κ3) is 5.03. The van der Waals surface area contributed by atoms with Gasteiger partial charge in [0.2, 0.25) is 5.95 Å². The zero-order chi connectivity index (χ0) is 19.9. The van der Waals surface area contributed by atoms with E-state index in [0.717, 1.165) is 24.3 Å². The number of methoxy groups -OCH3 is 1. The Morgan fingerprint density at radius 2 is 1.82 bits per heavy atom. The maximum atomic E-state index is 11.5. The molecule has 0 aliphatic rings. The molecule has 0 atom stereocenters. The Morgan fingerprint density at radius 3 is 2.50 bits per heavy atom. The predicted octanol–water partition coefficient (Wildman–Crippen LogP) is 3.39. The topological polar surface area (TPSA) is 80.2 Å². The number of hydrogen-bond donors (Lipinski definition) is 1. The SMILES string of the molecule is COC(=O)c1ccc(Nc2cc(C)nc(N(C)CCc3ccncc3)n2)cc1. The number of pyridine rings is 1. The summed E-state index contributed by atoms with van der Waals surface area (Å²) in [5, 5.41) is 3.26. The molecule has 144 valence electrons. The fraction of sp³-hybridized carbons (Fsp3) is 0.238. The average molecular weight is 377 g/mol. The first kappa shape index (κ1) is 19.3. The molecule has 0 spiro atoms. The van der Waals surface area contributed by atoms with Gasteiger partial charge in [-0.3, -0.25) is 4.98 Å². The van der Waals surface area contributed by atoms with Crippen molar-refractivity contribution in [2.75, 3.05) is 30.9 Å². The van der Waals surface area contributed by atoms with Crippen molar-refractivity contribution in [2.24, 2.45) is 0 Å². The van der Waals surface area contributed by atoms with Crippen LogP contribution in [0.15, 0.2) is 54.9 Å². The van der Waals surface area contributed by atoms with Gasteiger partial charge in [0, 0.05) is 43.4 Å². The number of aromatic nitrogens is 3. The normalized spacial score (nSPS) is 10.4. The molecule has 0 unspecified atom stereocenters. The van der Waals surface area contributed by atoms with Gasteiger partial charge in [-0.05, 0) is 55.3 Å². The number of aryl methyl sites for hydroxylation is 1. The smallest absolute Gasteiger partial charge is 0.337 e. The van der Waals surface area contributed by atoms with Crippen LogP contribution < -0.4 is 10.2 Å². The quantitative estimate of drug-likeness (QED) is 0.632. The largest absolute Gasteiger partial charge is 0.465 e. The van der Waals surface area contributed by atoms with Gasteiger partial charge < -0.3 is 15.0 Å². The van der Waals surface area contributed by atoms with Crippen LogP contribution in [-0.4, -0.2) is 41.6 Å². The molecular formula is C21H23N5O2. The molecule has 1 aromatic carbocycles. The Labute approximate surface area is 164 Å². The first-order valence-electron chi connectivity index (χ1n) is 8.96. The number of anilines is 3. The fourth-order valence-electron chi connectivity index (χ4n) is 2.69. The number of hydrogen-bond acceptors (Lipinski definition) is 7. The van der Waals surface area contributed by atoms with Crippen molar-refractivity contribution in [2.45, 2.75) is 13.3 Å². The number of benzene rings is 1. The number of carbonyl (C=O) groups excluding carboxylic acids is 1. The molecule has 0 bridgehead atoms. The van der Waals surface area contributed by atoms with Crippen LogP contribution in [0.4, 0.5) is 17.5 Å². The van der Waals surface area contributed by atoms with Gasteiger partial charge in [-0.1, -0.05) is 0 Å². The lowest BCUT2D eigenvalue weighted by Gasteiger charge is -2.18. The van der Waals surface area contributed by atoms with E-state index in [0.29, 0.717) is 17.3 Å².